The number of hydrogen-bond donors (Lipinski definition) is 2. The van der Waals surface area contributed by atoms with Gasteiger partial charge in [0.1, 0.15) is 11.5 Å². The SMILES string of the molecule is CCOc1ccc(C(=O)NCC(=O)N/N=C/c2ccc(OC(=O)c3ccc(Br)cc3)cc2)cc1. The van der Waals surface area contributed by atoms with Crippen LogP contribution >= 0.6 is 15.9 Å². The van der Waals surface area contributed by atoms with E-state index in [1.807, 2.05) is 6.92 Å². The van der Waals surface area contributed by atoms with Gasteiger partial charge in [-0.3, -0.25) is 9.59 Å². The van der Waals surface area contributed by atoms with Gasteiger partial charge in [-0.15, -0.1) is 0 Å². The van der Waals surface area contributed by atoms with Crippen LogP contribution < -0.4 is 20.2 Å². The van der Waals surface area contributed by atoms with Crippen LogP contribution in [0.4, 0.5) is 0 Å². The van der Waals surface area contributed by atoms with Crippen molar-refractivity contribution in [3.05, 3.63) is 94.0 Å². The van der Waals surface area contributed by atoms with E-state index in [0.717, 1.165) is 4.47 Å². The number of amides is 2. The molecule has 0 aliphatic carbocycles. The monoisotopic (exact) mass is 523 g/mol. The number of hydrogen-bond acceptors (Lipinski definition) is 6. The molecule has 0 bridgehead atoms. The van der Waals surface area contributed by atoms with Crippen molar-refractivity contribution in [3.8, 4) is 11.5 Å². The molecular weight excluding hydrogens is 502 g/mol. The minimum Gasteiger partial charge on any atom is -0.494 e. The number of benzene rings is 3. The summed E-state index contributed by atoms with van der Waals surface area (Å²) in [6.45, 7) is 2.19. The maximum absolute atomic E-state index is 12.2. The third kappa shape index (κ3) is 7.56. The van der Waals surface area contributed by atoms with Crippen molar-refractivity contribution < 1.29 is 23.9 Å². The van der Waals surface area contributed by atoms with E-state index in [1.54, 1.807) is 72.8 Å². The summed E-state index contributed by atoms with van der Waals surface area (Å²) in [5.74, 6) is -0.271. The van der Waals surface area contributed by atoms with Crippen LogP contribution in [0.5, 0.6) is 11.5 Å². The first-order valence-corrected chi connectivity index (χ1v) is 11.1. The molecule has 2 amide bonds. The minimum atomic E-state index is -0.476. The van der Waals surface area contributed by atoms with Gasteiger partial charge in [0.25, 0.3) is 11.8 Å². The zero-order valence-electron chi connectivity index (χ0n) is 18.3. The maximum Gasteiger partial charge on any atom is 0.343 e. The lowest BCUT2D eigenvalue weighted by atomic mass is 10.2. The van der Waals surface area contributed by atoms with Gasteiger partial charge in [-0.2, -0.15) is 5.10 Å². The molecule has 0 aliphatic heterocycles. The smallest absolute Gasteiger partial charge is 0.343 e. The van der Waals surface area contributed by atoms with Gasteiger partial charge in [0.05, 0.1) is 24.9 Å². The second kappa shape index (κ2) is 12.3. The topological polar surface area (TPSA) is 106 Å². The average molecular weight is 524 g/mol. The average Bonchev–Trinajstić information content (AvgIpc) is 2.84. The van der Waals surface area contributed by atoms with Gasteiger partial charge < -0.3 is 14.8 Å². The highest BCUT2D eigenvalue weighted by molar-refractivity contribution is 9.10. The maximum atomic E-state index is 12.2. The Bertz CT molecular complexity index is 1160. The van der Waals surface area contributed by atoms with Crippen molar-refractivity contribution >= 4 is 39.9 Å². The Kier molecular flexibility index (Phi) is 8.93. The van der Waals surface area contributed by atoms with E-state index in [1.165, 1.54) is 6.21 Å². The molecule has 9 heteroatoms. The molecular formula is C25H22BrN3O5. The van der Waals surface area contributed by atoms with Gasteiger partial charge in [0.15, 0.2) is 0 Å². The molecule has 3 aromatic rings. The van der Waals surface area contributed by atoms with Gasteiger partial charge in [0.2, 0.25) is 0 Å². The number of esters is 1. The van der Waals surface area contributed by atoms with E-state index < -0.39 is 11.9 Å². The third-order valence-electron chi connectivity index (χ3n) is 4.41. The molecule has 0 unspecified atom stereocenters. The number of nitrogens with zero attached hydrogens (tertiary/aromatic N) is 1. The van der Waals surface area contributed by atoms with Crippen molar-refractivity contribution in [2.75, 3.05) is 13.2 Å². The molecule has 3 rings (SSSR count). The van der Waals surface area contributed by atoms with E-state index in [9.17, 15) is 14.4 Å². The van der Waals surface area contributed by atoms with Crippen molar-refractivity contribution in [1.29, 1.82) is 0 Å². The summed E-state index contributed by atoms with van der Waals surface area (Å²) < 4.78 is 11.5. The molecule has 34 heavy (non-hydrogen) atoms. The first-order valence-electron chi connectivity index (χ1n) is 10.4. The molecule has 0 aromatic heterocycles. The number of halogens is 1. The first kappa shape index (κ1) is 24.7. The van der Waals surface area contributed by atoms with Crippen molar-refractivity contribution in [2.45, 2.75) is 6.92 Å². The Balaban J connectivity index is 1.42. The highest BCUT2D eigenvalue weighted by Gasteiger charge is 2.09. The quantitative estimate of drug-likeness (QED) is 0.191. The summed E-state index contributed by atoms with van der Waals surface area (Å²) in [6.07, 6.45) is 1.44. The summed E-state index contributed by atoms with van der Waals surface area (Å²) in [5, 5.41) is 6.39. The van der Waals surface area contributed by atoms with Crippen molar-refractivity contribution in [2.24, 2.45) is 5.10 Å². The summed E-state index contributed by atoms with van der Waals surface area (Å²) >= 11 is 3.32. The summed E-state index contributed by atoms with van der Waals surface area (Å²) in [7, 11) is 0. The molecule has 0 aliphatic rings. The van der Waals surface area contributed by atoms with E-state index in [-0.39, 0.29) is 12.5 Å². The lowest BCUT2D eigenvalue weighted by Gasteiger charge is -2.06. The van der Waals surface area contributed by atoms with Crippen LogP contribution in [0.2, 0.25) is 0 Å². The van der Waals surface area contributed by atoms with Crippen LogP contribution in [0.15, 0.2) is 82.4 Å². The fraction of sp³-hybridized carbons (Fsp3) is 0.120. The van der Waals surface area contributed by atoms with Crippen LogP contribution in [0.3, 0.4) is 0 Å². The van der Waals surface area contributed by atoms with Crippen molar-refractivity contribution in [1.82, 2.24) is 10.7 Å². The van der Waals surface area contributed by atoms with E-state index in [4.69, 9.17) is 9.47 Å². The second-order valence-electron chi connectivity index (χ2n) is 6.90. The van der Waals surface area contributed by atoms with Crippen LogP contribution in [-0.4, -0.2) is 37.1 Å². The van der Waals surface area contributed by atoms with Gasteiger partial charge in [-0.1, -0.05) is 15.9 Å². The molecule has 174 valence electrons. The highest BCUT2D eigenvalue weighted by atomic mass is 79.9. The van der Waals surface area contributed by atoms with Crippen LogP contribution in [-0.2, 0) is 4.79 Å². The molecule has 0 spiro atoms. The van der Waals surface area contributed by atoms with Crippen molar-refractivity contribution in [3.63, 3.8) is 0 Å². The fourth-order valence-electron chi connectivity index (χ4n) is 2.72. The number of hydrazone groups is 1. The zero-order valence-corrected chi connectivity index (χ0v) is 19.9. The molecule has 0 saturated carbocycles. The number of carbonyl (C=O) groups is 3. The largest absolute Gasteiger partial charge is 0.494 e. The fourth-order valence-corrected chi connectivity index (χ4v) is 2.99. The molecule has 0 heterocycles. The van der Waals surface area contributed by atoms with Gasteiger partial charge in [-0.25, -0.2) is 10.2 Å². The van der Waals surface area contributed by atoms with E-state index in [0.29, 0.717) is 34.8 Å². The van der Waals surface area contributed by atoms with Gasteiger partial charge in [-0.05, 0) is 85.3 Å². The predicted molar refractivity (Wildman–Crippen MR) is 131 cm³/mol. The minimum absolute atomic E-state index is 0.228. The summed E-state index contributed by atoms with van der Waals surface area (Å²) in [4.78, 5) is 36.2. The van der Waals surface area contributed by atoms with Gasteiger partial charge >= 0.3 is 5.97 Å². The zero-order chi connectivity index (χ0) is 24.3. The summed E-state index contributed by atoms with van der Waals surface area (Å²) in [6, 6.07) is 20.1. The standard InChI is InChI=1S/C25H22BrN3O5/c1-2-33-21-13-7-18(8-14-21)24(31)27-16-23(30)29-28-15-17-3-11-22(12-4-17)34-25(32)19-5-9-20(26)10-6-19/h3-15H,2,16H2,1H3,(H,27,31)(H,29,30)/b28-15+. The molecule has 8 nitrogen and oxygen atoms in total. The molecule has 0 fully saturated rings. The lowest BCUT2D eigenvalue weighted by molar-refractivity contribution is -0.120. The number of nitrogens with one attached hydrogen (secondary N) is 2. The Morgan fingerprint density at radius 3 is 2.15 bits per heavy atom. The molecule has 0 radical (unpaired) electrons. The first-order chi connectivity index (χ1) is 16.4. The third-order valence-corrected chi connectivity index (χ3v) is 4.94. The normalized spacial score (nSPS) is 10.5. The lowest BCUT2D eigenvalue weighted by Crippen LogP contribution is -2.34. The number of carbonyl (C=O) groups excluding carboxylic acids is 3. The van der Waals surface area contributed by atoms with E-state index in [2.05, 4.69) is 31.8 Å². The predicted octanol–water partition coefficient (Wildman–Crippen LogP) is 3.95. The van der Waals surface area contributed by atoms with Gasteiger partial charge in [0, 0.05) is 10.0 Å². The highest BCUT2D eigenvalue weighted by Crippen LogP contribution is 2.16. The Morgan fingerprint density at radius 2 is 1.50 bits per heavy atom. The van der Waals surface area contributed by atoms with E-state index >= 15 is 0 Å². The molecule has 2 N–H and O–H groups in total. The second-order valence-corrected chi connectivity index (χ2v) is 7.81. The Hall–Kier alpha value is -3.98. The van der Waals surface area contributed by atoms with Crippen LogP contribution in [0, 0.1) is 0 Å². The van der Waals surface area contributed by atoms with Crippen LogP contribution in [0.25, 0.3) is 0 Å². The summed E-state index contributed by atoms with van der Waals surface area (Å²) in [5.41, 5.74) is 3.88. The van der Waals surface area contributed by atoms with Crippen LogP contribution in [0.1, 0.15) is 33.2 Å². The Labute approximate surface area is 205 Å². The molecule has 3 aromatic carbocycles. The number of rotatable bonds is 9. The molecule has 0 saturated heterocycles. The number of ether oxygens (including phenoxy) is 2. The molecule has 0 atom stereocenters. The Morgan fingerprint density at radius 1 is 0.882 bits per heavy atom.